The molecule has 9 nitrogen and oxygen atoms in total. The van der Waals surface area contributed by atoms with Gasteiger partial charge in [-0.05, 0) is 47.0 Å². The summed E-state index contributed by atoms with van der Waals surface area (Å²) < 4.78 is 19.6. The number of aliphatic hydroxyl groups excluding tert-OH is 1. The number of nitrogens with zero attached hydrogens (tertiary/aromatic N) is 3. The van der Waals surface area contributed by atoms with Crippen molar-refractivity contribution in [2.24, 2.45) is 5.73 Å². The third kappa shape index (κ3) is 5.00. The minimum absolute atomic E-state index is 0.0647. The van der Waals surface area contributed by atoms with Gasteiger partial charge >= 0.3 is 0 Å². The molecular weight excluding hydrogens is 508 g/mol. The lowest BCUT2D eigenvalue weighted by Gasteiger charge is -2.36. The Balaban J connectivity index is 1.67. The van der Waals surface area contributed by atoms with E-state index >= 15 is 0 Å². The fraction of sp³-hybridized carbons (Fsp3) is 0.194. The van der Waals surface area contributed by atoms with Crippen molar-refractivity contribution in [1.29, 1.82) is 0 Å². The van der Waals surface area contributed by atoms with Crippen LogP contribution >= 0.6 is 0 Å². The number of fused-ring (bicyclic) bond motifs is 1. The highest BCUT2D eigenvalue weighted by atomic mass is 16.5. The first-order valence-corrected chi connectivity index (χ1v) is 12.7. The van der Waals surface area contributed by atoms with Crippen LogP contribution in [0, 0.1) is 0 Å². The maximum atomic E-state index is 11.7. The van der Waals surface area contributed by atoms with Crippen LogP contribution in [-0.4, -0.2) is 46.4 Å². The maximum absolute atomic E-state index is 11.7. The third-order valence-electron chi connectivity index (χ3n) is 6.86. The summed E-state index contributed by atoms with van der Waals surface area (Å²) in [6.45, 7) is 0.190. The number of hydrogen-bond donors (Lipinski definition) is 2. The second kappa shape index (κ2) is 11.6. The number of aromatic nitrogens is 3. The Kier molecular flexibility index (Phi) is 7.77. The predicted molar refractivity (Wildman–Crippen MR) is 150 cm³/mol. The maximum Gasteiger partial charge on any atom is 0.250 e. The van der Waals surface area contributed by atoms with E-state index in [4.69, 9.17) is 24.9 Å². The Morgan fingerprint density at radius 3 is 2.00 bits per heavy atom. The Labute approximate surface area is 231 Å². The molecule has 0 fully saturated rings. The Bertz CT molecular complexity index is 1550. The van der Waals surface area contributed by atoms with E-state index in [-0.39, 0.29) is 25.3 Å². The Hall–Kier alpha value is -4.73. The zero-order valence-corrected chi connectivity index (χ0v) is 22.3. The summed E-state index contributed by atoms with van der Waals surface area (Å²) in [7, 11) is 3.26. The van der Waals surface area contributed by atoms with E-state index in [2.05, 4.69) is 4.98 Å². The van der Waals surface area contributed by atoms with Crippen molar-refractivity contribution in [3.05, 3.63) is 119 Å². The molecule has 0 aliphatic heterocycles. The number of pyridine rings is 1. The SMILES string of the molecule is COc1ccc(C(OCc2nc3cc(C(N)=O)cnc3n2CCO)(c2ccccc2)c2ccc(OC)cc2)cc1. The second-order valence-corrected chi connectivity index (χ2v) is 9.13. The third-order valence-corrected chi connectivity index (χ3v) is 6.86. The molecule has 5 aromatic rings. The number of hydrogen-bond acceptors (Lipinski definition) is 7. The average molecular weight is 539 g/mol. The van der Waals surface area contributed by atoms with Gasteiger partial charge in [-0.15, -0.1) is 0 Å². The number of ether oxygens (including phenoxy) is 3. The molecule has 1 amide bonds. The molecule has 204 valence electrons. The van der Waals surface area contributed by atoms with Gasteiger partial charge in [-0.2, -0.15) is 0 Å². The number of carbonyl (C=O) groups is 1. The molecule has 0 spiro atoms. The lowest BCUT2D eigenvalue weighted by Crippen LogP contribution is -2.33. The van der Waals surface area contributed by atoms with Crippen LogP contribution in [0.25, 0.3) is 11.2 Å². The highest BCUT2D eigenvalue weighted by Crippen LogP contribution is 2.42. The fourth-order valence-corrected chi connectivity index (χ4v) is 4.88. The number of imidazole rings is 1. The summed E-state index contributed by atoms with van der Waals surface area (Å²) in [6.07, 6.45) is 1.41. The molecule has 5 rings (SSSR count). The molecule has 0 bridgehead atoms. The van der Waals surface area contributed by atoms with Crippen LogP contribution < -0.4 is 15.2 Å². The first-order valence-electron chi connectivity index (χ1n) is 12.7. The zero-order chi connectivity index (χ0) is 28.1. The summed E-state index contributed by atoms with van der Waals surface area (Å²) >= 11 is 0. The predicted octanol–water partition coefficient (Wildman–Crippen LogP) is 4.05. The first-order chi connectivity index (χ1) is 19.5. The van der Waals surface area contributed by atoms with Crippen molar-refractivity contribution < 1.29 is 24.1 Å². The number of benzene rings is 3. The standard InChI is InChI=1S/C31H30N4O5/c1-38-25-12-8-23(9-13-25)31(22-6-4-3-5-7-22,24-10-14-26(39-2)15-11-24)40-20-28-34-27-18-21(29(32)37)19-33-30(27)35(28)16-17-36/h3-15,18-19,36H,16-17,20H2,1-2H3,(H2,32,37). The number of primary amides is 1. The molecule has 0 saturated carbocycles. The van der Waals surface area contributed by atoms with Gasteiger partial charge in [0.2, 0.25) is 5.91 Å². The number of aliphatic hydroxyl groups is 1. The summed E-state index contributed by atoms with van der Waals surface area (Å²) in [5, 5.41) is 9.81. The molecule has 0 aliphatic carbocycles. The molecule has 0 unspecified atom stereocenters. The molecule has 0 radical (unpaired) electrons. The molecule has 0 aliphatic rings. The van der Waals surface area contributed by atoms with Crippen LogP contribution in [0.3, 0.4) is 0 Å². The molecule has 3 aromatic carbocycles. The first kappa shape index (κ1) is 26.9. The van der Waals surface area contributed by atoms with Crippen molar-refractivity contribution >= 4 is 17.1 Å². The number of rotatable bonds is 11. The minimum atomic E-state index is -1.05. The monoisotopic (exact) mass is 538 g/mol. The molecule has 0 saturated heterocycles. The molecule has 2 heterocycles. The van der Waals surface area contributed by atoms with Gasteiger partial charge in [0, 0.05) is 12.7 Å². The molecule has 9 heteroatoms. The number of carbonyl (C=O) groups excluding carboxylic acids is 1. The lowest BCUT2D eigenvalue weighted by atomic mass is 9.80. The molecule has 3 N–H and O–H groups in total. The van der Waals surface area contributed by atoms with E-state index < -0.39 is 11.5 Å². The van der Waals surface area contributed by atoms with E-state index in [9.17, 15) is 9.90 Å². The van der Waals surface area contributed by atoms with E-state index in [1.165, 1.54) is 6.20 Å². The van der Waals surface area contributed by atoms with Crippen molar-refractivity contribution in [2.45, 2.75) is 18.8 Å². The van der Waals surface area contributed by atoms with Crippen LogP contribution in [0.4, 0.5) is 0 Å². The molecular formula is C31H30N4O5. The number of amides is 1. The van der Waals surface area contributed by atoms with E-state index in [0.29, 0.717) is 17.0 Å². The van der Waals surface area contributed by atoms with Crippen LogP contribution in [-0.2, 0) is 23.5 Å². The van der Waals surface area contributed by atoms with E-state index in [0.717, 1.165) is 28.2 Å². The van der Waals surface area contributed by atoms with Gasteiger partial charge in [-0.3, -0.25) is 4.79 Å². The molecule has 40 heavy (non-hydrogen) atoms. The number of methoxy groups -OCH3 is 2. The van der Waals surface area contributed by atoms with Crippen LogP contribution in [0.5, 0.6) is 11.5 Å². The molecule has 2 aromatic heterocycles. The van der Waals surface area contributed by atoms with Crippen molar-refractivity contribution in [3.63, 3.8) is 0 Å². The van der Waals surface area contributed by atoms with Gasteiger partial charge in [0.05, 0.1) is 26.4 Å². The Morgan fingerprint density at radius 1 is 0.900 bits per heavy atom. The second-order valence-electron chi connectivity index (χ2n) is 9.13. The van der Waals surface area contributed by atoms with Crippen molar-refractivity contribution in [1.82, 2.24) is 14.5 Å². The van der Waals surface area contributed by atoms with Gasteiger partial charge in [-0.1, -0.05) is 54.6 Å². The number of nitrogens with two attached hydrogens (primary N) is 1. The van der Waals surface area contributed by atoms with Crippen molar-refractivity contribution in [2.75, 3.05) is 20.8 Å². The highest BCUT2D eigenvalue weighted by molar-refractivity contribution is 5.95. The van der Waals surface area contributed by atoms with E-state index in [1.54, 1.807) is 24.9 Å². The minimum Gasteiger partial charge on any atom is -0.497 e. The van der Waals surface area contributed by atoms with Crippen LogP contribution in [0.1, 0.15) is 32.9 Å². The smallest absolute Gasteiger partial charge is 0.250 e. The van der Waals surface area contributed by atoms with Gasteiger partial charge < -0.3 is 29.6 Å². The van der Waals surface area contributed by atoms with Gasteiger partial charge in [-0.25, -0.2) is 9.97 Å². The summed E-state index contributed by atoms with van der Waals surface area (Å²) in [5.74, 6) is 1.40. The van der Waals surface area contributed by atoms with Crippen LogP contribution in [0.15, 0.2) is 91.1 Å². The van der Waals surface area contributed by atoms with Crippen LogP contribution in [0.2, 0.25) is 0 Å². The fourth-order valence-electron chi connectivity index (χ4n) is 4.88. The summed E-state index contributed by atoms with van der Waals surface area (Å²) in [4.78, 5) is 20.9. The van der Waals surface area contributed by atoms with Crippen molar-refractivity contribution in [3.8, 4) is 11.5 Å². The van der Waals surface area contributed by atoms with Gasteiger partial charge in [0.15, 0.2) is 5.65 Å². The van der Waals surface area contributed by atoms with E-state index in [1.807, 2.05) is 78.9 Å². The Morgan fingerprint density at radius 2 is 1.48 bits per heavy atom. The largest absolute Gasteiger partial charge is 0.497 e. The normalized spacial score (nSPS) is 11.5. The topological polar surface area (TPSA) is 122 Å². The average Bonchev–Trinajstić information content (AvgIpc) is 3.35. The molecule has 0 atom stereocenters. The lowest BCUT2D eigenvalue weighted by molar-refractivity contribution is -0.00458. The summed E-state index contributed by atoms with van der Waals surface area (Å²) in [6, 6.07) is 27.0. The highest BCUT2D eigenvalue weighted by Gasteiger charge is 2.38. The zero-order valence-electron chi connectivity index (χ0n) is 22.3. The van der Waals surface area contributed by atoms with Gasteiger partial charge in [0.1, 0.15) is 35.0 Å². The quantitative estimate of drug-likeness (QED) is 0.243. The van der Waals surface area contributed by atoms with Gasteiger partial charge in [0.25, 0.3) is 0 Å². The summed E-state index contributed by atoms with van der Waals surface area (Å²) in [5.41, 5.74) is 8.34.